The zero-order chi connectivity index (χ0) is 14.8. The normalized spacial score (nSPS) is 13.4. The molecule has 0 amide bonds. The molecular formula is C14H26N2O3Si. The van der Waals surface area contributed by atoms with Crippen LogP contribution in [-0.4, -0.2) is 42.3 Å². The van der Waals surface area contributed by atoms with E-state index in [-0.39, 0.29) is 6.23 Å². The molecule has 1 unspecified atom stereocenters. The second kappa shape index (κ2) is 9.22. The van der Waals surface area contributed by atoms with Crippen LogP contribution in [0.4, 0.5) is 0 Å². The van der Waals surface area contributed by atoms with Gasteiger partial charge in [-0.1, -0.05) is 30.3 Å². The van der Waals surface area contributed by atoms with E-state index < -0.39 is 8.80 Å². The van der Waals surface area contributed by atoms with E-state index in [1.54, 1.807) is 14.2 Å². The lowest BCUT2D eigenvalue weighted by atomic mass is 10.2. The first-order valence-corrected chi connectivity index (χ1v) is 8.84. The van der Waals surface area contributed by atoms with Crippen LogP contribution in [0.3, 0.4) is 0 Å². The van der Waals surface area contributed by atoms with Crippen molar-refractivity contribution in [2.24, 2.45) is 5.73 Å². The molecule has 0 fully saturated rings. The van der Waals surface area contributed by atoms with Crippen molar-refractivity contribution in [1.82, 2.24) is 5.32 Å². The average molecular weight is 298 g/mol. The van der Waals surface area contributed by atoms with E-state index >= 15 is 0 Å². The number of hydrogen-bond acceptors (Lipinski definition) is 5. The molecule has 20 heavy (non-hydrogen) atoms. The van der Waals surface area contributed by atoms with Crippen LogP contribution in [0.1, 0.15) is 12.5 Å². The van der Waals surface area contributed by atoms with Crippen LogP contribution in [0.15, 0.2) is 30.3 Å². The van der Waals surface area contributed by atoms with E-state index in [9.17, 15) is 0 Å². The molecule has 0 heterocycles. The van der Waals surface area contributed by atoms with Crippen molar-refractivity contribution in [2.75, 3.05) is 27.3 Å². The van der Waals surface area contributed by atoms with Gasteiger partial charge >= 0.3 is 8.80 Å². The molecule has 1 rings (SSSR count). The smallest absolute Gasteiger partial charge is 0.377 e. The summed E-state index contributed by atoms with van der Waals surface area (Å²) in [6, 6.07) is 11.0. The first-order valence-electron chi connectivity index (χ1n) is 6.91. The lowest BCUT2D eigenvalue weighted by Crippen LogP contribution is -2.50. The Bertz CT molecular complexity index is 361. The summed E-state index contributed by atoms with van der Waals surface area (Å²) in [4.78, 5) is 0. The van der Waals surface area contributed by atoms with Gasteiger partial charge in [0.15, 0.2) is 0 Å². The quantitative estimate of drug-likeness (QED) is 0.504. The molecule has 6 heteroatoms. The first-order chi connectivity index (χ1) is 9.65. The number of benzene rings is 1. The summed E-state index contributed by atoms with van der Waals surface area (Å²) in [7, 11) is 0.656. The number of nitrogens with one attached hydrogen (secondary N) is 1. The minimum atomic E-state index is -2.64. The van der Waals surface area contributed by atoms with Crippen molar-refractivity contribution in [3.8, 4) is 0 Å². The zero-order valence-electron chi connectivity index (χ0n) is 12.6. The predicted molar refractivity (Wildman–Crippen MR) is 82.3 cm³/mol. The average Bonchev–Trinajstić information content (AvgIpc) is 2.50. The third-order valence-electron chi connectivity index (χ3n) is 3.12. The molecular weight excluding hydrogens is 272 g/mol. The molecule has 5 nitrogen and oxygen atoms in total. The minimum absolute atomic E-state index is 0.138. The Labute approximate surface area is 122 Å². The zero-order valence-corrected chi connectivity index (χ0v) is 13.6. The van der Waals surface area contributed by atoms with Crippen LogP contribution in [0, 0.1) is 0 Å². The third-order valence-corrected chi connectivity index (χ3v) is 5.94. The summed E-state index contributed by atoms with van der Waals surface area (Å²) >= 11 is 0. The number of hydrogen-bond donors (Lipinski definition) is 2. The highest BCUT2D eigenvalue weighted by Crippen LogP contribution is 2.18. The molecule has 1 atom stereocenters. The second-order valence-electron chi connectivity index (χ2n) is 4.58. The van der Waals surface area contributed by atoms with Gasteiger partial charge in [-0.05, 0) is 18.9 Å². The van der Waals surface area contributed by atoms with Crippen molar-refractivity contribution >= 4 is 8.80 Å². The summed E-state index contributed by atoms with van der Waals surface area (Å²) in [5.41, 5.74) is 6.73. The van der Waals surface area contributed by atoms with Crippen LogP contribution in [-0.2, 0) is 19.7 Å². The van der Waals surface area contributed by atoms with Gasteiger partial charge in [-0.2, -0.15) is 0 Å². The van der Waals surface area contributed by atoms with Crippen LogP contribution in [0.2, 0.25) is 6.04 Å². The fourth-order valence-corrected chi connectivity index (χ4v) is 4.08. The Kier molecular flexibility index (Phi) is 7.97. The number of aryl methyl sites for hydroxylation is 1. The largest absolute Gasteiger partial charge is 0.501 e. The van der Waals surface area contributed by atoms with Gasteiger partial charge in [-0.3, -0.25) is 5.32 Å². The summed E-state index contributed by atoms with van der Waals surface area (Å²) in [5, 5.41) is 3.18. The molecule has 0 spiro atoms. The number of nitrogens with two attached hydrogens (primary N) is 1. The van der Waals surface area contributed by atoms with Gasteiger partial charge < -0.3 is 19.0 Å². The molecule has 1 aromatic carbocycles. The van der Waals surface area contributed by atoms with Crippen molar-refractivity contribution in [1.29, 1.82) is 0 Å². The van der Waals surface area contributed by atoms with Crippen LogP contribution in [0.25, 0.3) is 0 Å². The van der Waals surface area contributed by atoms with E-state index in [0.29, 0.717) is 13.1 Å². The molecule has 0 radical (unpaired) electrons. The molecule has 0 aliphatic heterocycles. The Hall–Kier alpha value is -0.763. The molecule has 114 valence electrons. The molecule has 0 aliphatic carbocycles. The summed E-state index contributed by atoms with van der Waals surface area (Å²) in [6.45, 7) is 3.22. The van der Waals surface area contributed by atoms with Crippen molar-refractivity contribution in [2.45, 2.75) is 25.6 Å². The van der Waals surface area contributed by atoms with E-state index in [0.717, 1.165) is 12.5 Å². The van der Waals surface area contributed by atoms with Gasteiger partial charge in [0, 0.05) is 33.4 Å². The van der Waals surface area contributed by atoms with Gasteiger partial charge in [-0.25, -0.2) is 0 Å². The fourth-order valence-electron chi connectivity index (χ4n) is 1.98. The van der Waals surface area contributed by atoms with Gasteiger partial charge in [0.05, 0.1) is 6.23 Å². The maximum atomic E-state index is 5.99. The Balaban J connectivity index is 2.56. The van der Waals surface area contributed by atoms with Gasteiger partial charge in [0.25, 0.3) is 0 Å². The highest BCUT2D eigenvalue weighted by Gasteiger charge is 2.40. The lowest BCUT2D eigenvalue weighted by Gasteiger charge is -2.30. The molecule has 1 aromatic rings. The van der Waals surface area contributed by atoms with Crippen molar-refractivity contribution in [3.63, 3.8) is 0 Å². The SMILES string of the molecule is CO[Si](CCc1ccccc1)(OC)OC(C)NCCN. The molecule has 0 bridgehead atoms. The molecule has 0 saturated carbocycles. The van der Waals surface area contributed by atoms with Gasteiger partial charge in [0.2, 0.25) is 0 Å². The number of rotatable bonds is 10. The highest BCUT2D eigenvalue weighted by molar-refractivity contribution is 6.60. The monoisotopic (exact) mass is 298 g/mol. The third kappa shape index (κ3) is 5.70. The predicted octanol–water partition coefficient (Wildman–Crippen LogP) is 1.37. The Morgan fingerprint density at radius 3 is 2.40 bits per heavy atom. The van der Waals surface area contributed by atoms with Crippen LogP contribution < -0.4 is 11.1 Å². The summed E-state index contributed by atoms with van der Waals surface area (Å²) in [6.07, 6.45) is 0.735. The Morgan fingerprint density at radius 1 is 1.20 bits per heavy atom. The maximum absolute atomic E-state index is 5.99. The highest BCUT2D eigenvalue weighted by atomic mass is 28.4. The minimum Gasteiger partial charge on any atom is -0.377 e. The van der Waals surface area contributed by atoms with Crippen LogP contribution in [0.5, 0.6) is 0 Å². The molecule has 0 aromatic heterocycles. The Morgan fingerprint density at radius 2 is 1.85 bits per heavy atom. The molecule has 3 N–H and O–H groups in total. The first kappa shape index (κ1) is 17.3. The lowest BCUT2D eigenvalue weighted by molar-refractivity contribution is 0.0486. The van der Waals surface area contributed by atoms with Gasteiger partial charge in [-0.15, -0.1) is 0 Å². The summed E-state index contributed by atoms with van der Waals surface area (Å²) in [5.74, 6) is 0. The molecule has 0 aliphatic rings. The standard InChI is InChI=1S/C14H26N2O3Si/c1-13(16-11-10-15)19-20(17-2,18-3)12-9-14-7-5-4-6-8-14/h4-8,13,16H,9-12,15H2,1-3H3. The van der Waals surface area contributed by atoms with Gasteiger partial charge in [0.1, 0.15) is 0 Å². The van der Waals surface area contributed by atoms with E-state index in [4.69, 9.17) is 19.0 Å². The second-order valence-corrected chi connectivity index (χ2v) is 7.50. The van der Waals surface area contributed by atoms with Crippen molar-refractivity contribution < 1.29 is 13.3 Å². The molecule has 0 saturated heterocycles. The van der Waals surface area contributed by atoms with E-state index in [2.05, 4.69) is 17.4 Å². The van der Waals surface area contributed by atoms with E-state index in [1.165, 1.54) is 5.56 Å². The topological polar surface area (TPSA) is 65.7 Å². The van der Waals surface area contributed by atoms with E-state index in [1.807, 2.05) is 25.1 Å². The fraction of sp³-hybridized carbons (Fsp3) is 0.571. The maximum Gasteiger partial charge on any atom is 0.501 e. The summed E-state index contributed by atoms with van der Waals surface area (Å²) < 4.78 is 17.2. The van der Waals surface area contributed by atoms with Crippen molar-refractivity contribution in [3.05, 3.63) is 35.9 Å². The van der Waals surface area contributed by atoms with Crippen LogP contribution >= 0.6 is 0 Å².